The van der Waals surface area contributed by atoms with E-state index in [2.05, 4.69) is 9.71 Å². The number of sulfonamides is 1. The third-order valence-corrected chi connectivity index (χ3v) is 5.25. The standard InChI is InChI=1S/C12H15N3O2S2/c1-8-3-4-10(13)5-12(8)19(16,17)15-6-11-9(2)14-7-18-11/h3-5,7,15H,6,13H2,1-2H3. The van der Waals surface area contributed by atoms with Crippen molar-refractivity contribution in [1.29, 1.82) is 0 Å². The number of thiazole rings is 1. The number of aryl methyl sites for hydroxylation is 2. The number of anilines is 1. The van der Waals surface area contributed by atoms with E-state index in [9.17, 15) is 8.42 Å². The molecule has 102 valence electrons. The number of nitrogen functional groups attached to an aromatic ring is 1. The molecule has 0 atom stereocenters. The largest absolute Gasteiger partial charge is 0.399 e. The van der Waals surface area contributed by atoms with Crippen molar-refractivity contribution in [2.24, 2.45) is 0 Å². The molecule has 0 aliphatic heterocycles. The number of nitrogens with zero attached hydrogens (tertiary/aromatic N) is 1. The molecule has 2 aromatic rings. The first kappa shape index (κ1) is 14.0. The van der Waals surface area contributed by atoms with Gasteiger partial charge in [0.1, 0.15) is 0 Å². The SMILES string of the molecule is Cc1ccc(N)cc1S(=O)(=O)NCc1scnc1C. The number of hydrogen-bond acceptors (Lipinski definition) is 5. The number of benzene rings is 1. The minimum absolute atomic E-state index is 0.217. The summed E-state index contributed by atoms with van der Waals surface area (Å²) in [5.74, 6) is 0. The molecule has 0 aliphatic rings. The van der Waals surface area contributed by atoms with E-state index < -0.39 is 10.0 Å². The summed E-state index contributed by atoms with van der Waals surface area (Å²) in [6.45, 7) is 3.84. The molecule has 0 unspecified atom stereocenters. The van der Waals surface area contributed by atoms with E-state index in [1.807, 2.05) is 6.92 Å². The summed E-state index contributed by atoms with van der Waals surface area (Å²) in [5.41, 5.74) is 9.28. The Kier molecular flexibility index (Phi) is 3.88. The lowest BCUT2D eigenvalue weighted by molar-refractivity contribution is 0.581. The van der Waals surface area contributed by atoms with Crippen molar-refractivity contribution in [3.63, 3.8) is 0 Å². The fraction of sp³-hybridized carbons (Fsp3) is 0.250. The van der Waals surface area contributed by atoms with Gasteiger partial charge in [0.2, 0.25) is 10.0 Å². The lowest BCUT2D eigenvalue weighted by atomic mass is 10.2. The molecule has 19 heavy (non-hydrogen) atoms. The lowest BCUT2D eigenvalue weighted by Gasteiger charge is -2.09. The normalized spacial score (nSPS) is 11.7. The second-order valence-corrected chi connectivity index (χ2v) is 6.89. The van der Waals surface area contributed by atoms with Crippen molar-refractivity contribution in [2.75, 3.05) is 5.73 Å². The van der Waals surface area contributed by atoms with Crippen LogP contribution >= 0.6 is 11.3 Å². The molecule has 0 radical (unpaired) electrons. The Bertz CT molecular complexity index is 693. The first-order chi connectivity index (χ1) is 8.90. The van der Waals surface area contributed by atoms with Gasteiger partial charge in [-0.1, -0.05) is 6.07 Å². The average molecular weight is 297 g/mol. The van der Waals surface area contributed by atoms with E-state index in [1.165, 1.54) is 17.4 Å². The predicted octanol–water partition coefficient (Wildman–Crippen LogP) is 1.82. The smallest absolute Gasteiger partial charge is 0.241 e. The highest BCUT2D eigenvalue weighted by Crippen LogP contribution is 2.19. The zero-order valence-electron chi connectivity index (χ0n) is 10.7. The van der Waals surface area contributed by atoms with Crippen LogP contribution in [0.2, 0.25) is 0 Å². The predicted molar refractivity (Wildman–Crippen MR) is 76.5 cm³/mol. The fourth-order valence-electron chi connectivity index (χ4n) is 1.64. The van der Waals surface area contributed by atoms with E-state index in [-0.39, 0.29) is 11.4 Å². The van der Waals surface area contributed by atoms with Crippen LogP contribution in [0, 0.1) is 13.8 Å². The highest BCUT2D eigenvalue weighted by molar-refractivity contribution is 7.89. The van der Waals surface area contributed by atoms with Gasteiger partial charge >= 0.3 is 0 Å². The van der Waals surface area contributed by atoms with Crippen LogP contribution in [-0.4, -0.2) is 13.4 Å². The van der Waals surface area contributed by atoms with E-state index in [4.69, 9.17) is 5.73 Å². The van der Waals surface area contributed by atoms with Gasteiger partial charge in [-0.25, -0.2) is 18.1 Å². The molecule has 1 heterocycles. The van der Waals surface area contributed by atoms with E-state index in [1.54, 1.807) is 24.6 Å². The van der Waals surface area contributed by atoms with Crippen molar-refractivity contribution in [1.82, 2.24) is 9.71 Å². The lowest BCUT2D eigenvalue weighted by Crippen LogP contribution is -2.24. The van der Waals surface area contributed by atoms with Crippen LogP contribution in [0.1, 0.15) is 16.1 Å². The number of hydrogen-bond donors (Lipinski definition) is 2. The molecule has 0 amide bonds. The Hall–Kier alpha value is -1.44. The number of nitrogens with one attached hydrogen (secondary N) is 1. The number of aromatic nitrogens is 1. The maximum absolute atomic E-state index is 12.2. The molecular weight excluding hydrogens is 282 g/mol. The molecule has 0 bridgehead atoms. The quantitative estimate of drug-likeness (QED) is 0.843. The zero-order chi connectivity index (χ0) is 14.0. The van der Waals surface area contributed by atoms with Gasteiger partial charge in [-0.15, -0.1) is 11.3 Å². The van der Waals surface area contributed by atoms with Gasteiger partial charge in [-0.05, 0) is 31.5 Å². The van der Waals surface area contributed by atoms with E-state index >= 15 is 0 Å². The third-order valence-electron chi connectivity index (χ3n) is 2.77. The molecule has 1 aromatic carbocycles. The van der Waals surface area contributed by atoms with Gasteiger partial charge in [-0.2, -0.15) is 0 Å². The summed E-state index contributed by atoms with van der Waals surface area (Å²) in [4.78, 5) is 5.21. The van der Waals surface area contributed by atoms with E-state index in [0.717, 1.165) is 10.6 Å². The van der Waals surface area contributed by atoms with Crippen molar-refractivity contribution in [2.45, 2.75) is 25.3 Å². The van der Waals surface area contributed by atoms with Crippen molar-refractivity contribution >= 4 is 27.0 Å². The maximum atomic E-state index is 12.2. The fourth-order valence-corrected chi connectivity index (χ4v) is 3.72. The summed E-state index contributed by atoms with van der Waals surface area (Å²) < 4.78 is 27.0. The maximum Gasteiger partial charge on any atom is 0.241 e. The van der Waals surface area contributed by atoms with Crippen LogP contribution in [0.25, 0.3) is 0 Å². The Labute approximate surface area is 116 Å². The highest BCUT2D eigenvalue weighted by Gasteiger charge is 2.17. The van der Waals surface area contributed by atoms with Crippen LogP contribution in [0.4, 0.5) is 5.69 Å². The van der Waals surface area contributed by atoms with Crippen molar-refractivity contribution in [3.05, 3.63) is 39.8 Å². The Morgan fingerprint density at radius 2 is 2.11 bits per heavy atom. The first-order valence-corrected chi connectivity index (χ1v) is 8.01. The topological polar surface area (TPSA) is 85.1 Å². The van der Waals surface area contributed by atoms with Gasteiger partial charge < -0.3 is 5.73 Å². The molecule has 0 saturated carbocycles. The molecule has 0 spiro atoms. The van der Waals surface area contributed by atoms with Gasteiger partial charge in [0.15, 0.2) is 0 Å². The Morgan fingerprint density at radius 3 is 2.74 bits per heavy atom. The zero-order valence-corrected chi connectivity index (χ0v) is 12.3. The Balaban J connectivity index is 2.23. The van der Waals surface area contributed by atoms with Crippen molar-refractivity contribution < 1.29 is 8.42 Å². The van der Waals surface area contributed by atoms with Gasteiger partial charge in [0.25, 0.3) is 0 Å². The molecular formula is C12H15N3O2S2. The molecule has 0 aliphatic carbocycles. The second-order valence-electron chi connectivity index (χ2n) is 4.21. The molecule has 2 rings (SSSR count). The van der Waals surface area contributed by atoms with Gasteiger partial charge in [0, 0.05) is 17.1 Å². The molecule has 0 saturated heterocycles. The minimum Gasteiger partial charge on any atom is -0.399 e. The molecule has 3 N–H and O–H groups in total. The average Bonchev–Trinajstić information content (AvgIpc) is 2.75. The third kappa shape index (κ3) is 3.12. The summed E-state index contributed by atoms with van der Waals surface area (Å²) in [7, 11) is -3.56. The molecule has 1 aromatic heterocycles. The van der Waals surface area contributed by atoms with Crippen LogP contribution in [0.15, 0.2) is 28.6 Å². The van der Waals surface area contributed by atoms with Gasteiger partial charge in [0.05, 0.1) is 16.1 Å². The van der Waals surface area contributed by atoms with Crippen LogP contribution in [0.5, 0.6) is 0 Å². The molecule has 0 fully saturated rings. The summed E-state index contributed by atoms with van der Waals surface area (Å²) in [5, 5.41) is 0. The summed E-state index contributed by atoms with van der Waals surface area (Å²) >= 11 is 1.43. The Morgan fingerprint density at radius 1 is 1.37 bits per heavy atom. The summed E-state index contributed by atoms with van der Waals surface area (Å²) in [6, 6.07) is 4.85. The van der Waals surface area contributed by atoms with Crippen LogP contribution in [-0.2, 0) is 16.6 Å². The van der Waals surface area contributed by atoms with Crippen molar-refractivity contribution in [3.8, 4) is 0 Å². The highest BCUT2D eigenvalue weighted by atomic mass is 32.2. The van der Waals surface area contributed by atoms with Crippen LogP contribution < -0.4 is 10.5 Å². The number of nitrogens with two attached hydrogens (primary N) is 1. The first-order valence-electron chi connectivity index (χ1n) is 5.65. The van der Waals surface area contributed by atoms with Crippen LogP contribution in [0.3, 0.4) is 0 Å². The molecule has 7 heteroatoms. The summed E-state index contributed by atoms with van der Waals surface area (Å²) in [6.07, 6.45) is 0. The monoisotopic (exact) mass is 297 g/mol. The number of rotatable bonds is 4. The van der Waals surface area contributed by atoms with E-state index in [0.29, 0.717) is 11.3 Å². The second kappa shape index (κ2) is 5.28. The minimum atomic E-state index is -3.56. The van der Waals surface area contributed by atoms with Gasteiger partial charge in [-0.3, -0.25) is 0 Å². The molecule has 5 nitrogen and oxygen atoms in total.